The number of benzene rings is 1. The average molecular weight is 291 g/mol. The Bertz CT molecular complexity index is 346. The second kappa shape index (κ2) is 10.1. The van der Waals surface area contributed by atoms with E-state index in [2.05, 4.69) is 5.32 Å². The number of nitrogens with one attached hydrogen (secondary N) is 1. The molecule has 0 aliphatic rings. The van der Waals surface area contributed by atoms with Gasteiger partial charge < -0.3 is 15.8 Å². The zero-order chi connectivity index (χ0) is 12.5. The van der Waals surface area contributed by atoms with Crippen LogP contribution in [-0.2, 0) is 4.79 Å². The Morgan fingerprint density at radius 3 is 2.61 bits per heavy atom. The summed E-state index contributed by atoms with van der Waals surface area (Å²) in [6, 6.07) is 7.80. The summed E-state index contributed by atoms with van der Waals surface area (Å²) in [6.45, 7) is 1.03. The molecule has 0 saturated carbocycles. The number of methoxy groups -OCH3 is 1. The van der Waals surface area contributed by atoms with Crippen LogP contribution in [-0.4, -0.2) is 31.9 Å². The average Bonchev–Trinajstić information content (AvgIpc) is 2.37. The van der Waals surface area contributed by atoms with Crippen LogP contribution in [0.3, 0.4) is 0 Å². The summed E-state index contributed by atoms with van der Waals surface area (Å²) >= 11 is 1.65. The highest BCUT2D eigenvalue weighted by atomic mass is 35.5. The van der Waals surface area contributed by atoms with E-state index in [1.807, 2.05) is 24.3 Å². The molecule has 0 heterocycles. The Morgan fingerprint density at radius 1 is 1.39 bits per heavy atom. The number of nitrogens with two attached hydrogens (primary N) is 1. The lowest BCUT2D eigenvalue weighted by molar-refractivity contribution is -0.120. The first-order chi connectivity index (χ1) is 8.26. The molecule has 4 nitrogen and oxygen atoms in total. The van der Waals surface area contributed by atoms with E-state index in [0.717, 1.165) is 16.4 Å². The monoisotopic (exact) mass is 290 g/mol. The van der Waals surface area contributed by atoms with Gasteiger partial charge in [0.2, 0.25) is 5.91 Å². The largest absolute Gasteiger partial charge is 0.497 e. The molecule has 1 rings (SSSR count). The van der Waals surface area contributed by atoms with Crippen molar-refractivity contribution >= 4 is 30.1 Å². The Morgan fingerprint density at radius 2 is 2.06 bits per heavy atom. The Hall–Kier alpha value is -0.910. The molecule has 0 aliphatic carbocycles. The van der Waals surface area contributed by atoms with Crippen LogP contribution in [0.1, 0.15) is 6.42 Å². The van der Waals surface area contributed by atoms with Crippen molar-refractivity contribution in [1.29, 1.82) is 0 Å². The molecule has 0 radical (unpaired) electrons. The number of amides is 1. The lowest BCUT2D eigenvalue weighted by Crippen LogP contribution is -2.29. The molecule has 102 valence electrons. The van der Waals surface area contributed by atoms with E-state index in [0.29, 0.717) is 19.5 Å². The topological polar surface area (TPSA) is 64.3 Å². The maximum atomic E-state index is 11.3. The van der Waals surface area contributed by atoms with Crippen LogP contribution in [0.4, 0.5) is 0 Å². The SMILES string of the molecule is COc1ccc(SCCC(=O)NCCN)cc1.Cl. The van der Waals surface area contributed by atoms with E-state index in [1.54, 1.807) is 18.9 Å². The lowest BCUT2D eigenvalue weighted by atomic mass is 10.3. The van der Waals surface area contributed by atoms with Crippen molar-refractivity contribution in [3.8, 4) is 5.75 Å². The fraction of sp³-hybridized carbons (Fsp3) is 0.417. The van der Waals surface area contributed by atoms with Crippen molar-refractivity contribution in [2.45, 2.75) is 11.3 Å². The quantitative estimate of drug-likeness (QED) is 0.750. The molecule has 1 aromatic rings. The number of rotatable bonds is 7. The van der Waals surface area contributed by atoms with Crippen molar-refractivity contribution in [3.05, 3.63) is 24.3 Å². The van der Waals surface area contributed by atoms with E-state index < -0.39 is 0 Å². The molecule has 3 N–H and O–H groups in total. The van der Waals surface area contributed by atoms with Gasteiger partial charge in [0.05, 0.1) is 7.11 Å². The van der Waals surface area contributed by atoms with Crippen molar-refractivity contribution < 1.29 is 9.53 Å². The summed E-state index contributed by atoms with van der Waals surface area (Å²) in [5.74, 6) is 1.66. The molecule has 6 heteroatoms. The summed E-state index contributed by atoms with van der Waals surface area (Å²) in [4.78, 5) is 12.4. The molecular weight excluding hydrogens is 272 g/mol. The Labute approximate surface area is 118 Å². The van der Waals surface area contributed by atoms with Gasteiger partial charge in [0.15, 0.2) is 0 Å². The lowest BCUT2D eigenvalue weighted by Gasteiger charge is -2.04. The Balaban J connectivity index is 0.00000289. The van der Waals surface area contributed by atoms with Gasteiger partial charge in [-0.25, -0.2) is 0 Å². The maximum Gasteiger partial charge on any atom is 0.220 e. The van der Waals surface area contributed by atoms with E-state index >= 15 is 0 Å². The van der Waals surface area contributed by atoms with E-state index in [9.17, 15) is 4.79 Å². The molecule has 0 saturated heterocycles. The fourth-order valence-corrected chi connectivity index (χ4v) is 2.09. The van der Waals surface area contributed by atoms with E-state index in [4.69, 9.17) is 10.5 Å². The summed E-state index contributed by atoms with van der Waals surface area (Å²) in [5, 5.41) is 2.74. The summed E-state index contributed by atoms with van der Waals surface area (Å²) in [5.41, 5.74) is 5.29. The zero-order valence-corrected chi connectivity index (χ0v) is 12.0. The minimum Gasteiger partial charge on any atom is -0.497 e. The van der Waals surface area contributed by atoms with Gasteiger partial charge in [0.1, 0.15) is 5.75 Å². The maximum absolute atomic E-state index is 11.3. The second-order valence-electron chi connectivity index (χ2n) is 3.41. The molecule has 0 aromatic heterocycles. The first-order valence-electron chi connectivity index (χ1n) is 5.50. The highest BCUT2D eigenvalue weighted by Crippen LogP contribution is 2.21. The van der Waals surface area contributed by atoms with Crippen LogP contribution in [0, 0.1) is 0 Å². The third-order valence-corrected chi connectivity index (χ3v) is 3.14. The van der Waals surface area contributed by atoms with Crippen molar-refractivity contribution in [2.24, 2.45) is 5.73 Å². The third kappa shape index (κ3) is 6.74. The van der Waals surface area contributed by atoms with Gasteiger partial charge in [-0.1, -0.05) is 0 Å². The first kappa shape index (κ1) is 17.1. The Kier molecular flexibility index (Phi) is 9.55. The van der Waals surface area contributed by atoms with Gasteiger partial charge in [0.25, 0.3) is 0 Å². The van der Waals surface area contributed by atoms with Gasteiger partial charge >= 0.3 is 0 Å². The van der Waals surface area contributed by atoms with Gasteiger partial charge in [-0.2, -0.15) is 0 Å². The molecule has 0 bridgehead atoms. The molecule has 0 aliphatic heterocycles. The molecule has 1 amide bonds. The summed E-state index contributed by atoms with van der Waals surface area (Å²) < 4.78 is 5.07. The number of carbonyl (C=O) groups is 1. The number of ether oxygens (including phenoxy) is 1. The van der Waals surface area contributed by atoms with Crippen LogP contribution in [0.2, 0.25) is 0 Å². The highest BCUT2D eigenvalue weighted by Gasteiger charge is 2.01. The van der Waals surface area contributed by atoms with Crippen LogP contribution in [0.5, 0.6) is 5.75 Å². The standard InChI is InChI=1S/C12H18N2O2S.ClH/c1-16-10-2-4-11(5-3-10)17-9-6-12(15)14-8-7-13;/h2-5H,6-9,13H2,1H3,(H,14,15);1H. The minimum atomic E-state index is 0. The van der Waals surface area contributed by atoms with Gasteiger partial charge in [-0.05, 0) is 24.3 Å². The van der Waals surface area contributed by atoms with Gasteiger partial charge in [-0.3, -0.25) is 4.79 Å². The van der Waals surface area contributed by atoms with E-state index in [-0.39, 0.29) is 18.3 Å². The van der Waals surface area contributed by atoms with Crippen LogP contribution in [0.25, 0.3) is 0 Å². The molecule has 0 spiro atoms. The van der Waals surface area contributed by atoms with Gasteiger partial charge in [-0.15, -0.1) is 24.2 Å². The predicted octanol–water partition coefficient (Wildman–Crippen LogP) is 1.67. The molecule has 18 heavy (non-hydrogen) atoms. The van der Waals surface area contributed by atoms with Crippen molar-refractivity contribution in [1.82, 2.24) is 5.32 Å². The highest BCUT2D eigenvalue weighted by molar-refractivity contribution is 7.99. The molecular formula is C12H19ClN2O2S. The molecule has 0 atom stereocenters. The normalized spacial score (nSPS) is 9.44. The van der Waals surface area contributed by atoms with Crippen LogP contribution >= 0.6 is 24.2 Å². The van der Waals surface area contributed by atoms with Crippen molar-refractivity contribution in [2.75, 3.05) is 26.0 Å². The molecule has 1 aromatic carbocycles. The van der Waals surface area contributed by atoms with E-state index in [1.165, 1.54) is 0 Å². The smallest absolute Gasteiger partial charge is 0.220 e. The number of thioether (sulfide) groups is 1. The zero-order valence-electron chi connectivity index (χ0n) is 10.3. The fourth-order valence-electron chi connectivity index (χ4n) is 1.23. The van der Waals surface area contributed by atoms with Crippen LogP contribution < -0.4 is 15.8 Å². The number of halogens is 1. The number of hydrogen-bond acceptors (Lipinski definition) is 4. The minimum absolute atomic E-state index is 0. The summed E-state index contributed by atoms with van der Waals surface area (Å²) in [6.07, 6.45) is 0.511. The molecule has 0 unspecified atom stereocenters. The first-order valence-corrected chi connectivity index (χ1v) is 6.48. The third-order valence-electron chi connectivity index (χ3n) is 2.12. The predicted molar refractivity (Wildman–Crippen MR) is 77.6 cm³/mol. The number of carbonyl (C=O) groups excluding carboxylic acids is 1. The molecule has 0 fully saturated rings. The summed E-state index contributed by atoms with van der Waals surface area (Å²) in [7, 11) is 1.64. The number of hydrogen-bond donors (Lipinski definition) is 2. The van der Waals surface area contributed by atoms with Gasteiger partial charge in [0, 0.05) is 30.2 Å². The van der Waals surface area contributed by atoms with Crippen LogP contribution in [0.15, 0.2) is 29.2 Å². The second-order valence-corrected chi connectivity index (χ2v) is 4.58. The van der Waals surface area contributed by atoms with Crippen molar-refractivity contribution in [3.63, 3.8) is 0 Å².